The van der Waals surface area contributed by atoms with E-state index in [9.17, 15) is 0 Å². The summed E-state index contributed by atoms with van der Waals surface area (Å²) in [7, 11) is 1.65. The molecular formula is C8H13BrN2O3S. The Labute approximate surface area is 101 Å². The third kappa shape index (κ3) is 6.03. The number of methoxy groups -OCH3 is 1. The summed E-state index contributed by atoms with van der Waals surface area (Å²) < 4.78 is 16.2. The number of halogens is 1. The number of ether oxygens (including phenoxy) is 3. The van der Waals surface area contributed by atoms with Crippen molar-refractivity contribution in [3.63, 3.8) is 0 Å². The molecule has 1 rings (SSSR count). The van der Waals surface area contributed by atoms with Gasteiger partial charge >= 0.3 is 0 Å². The monoisotopic (exact) mass is 296 g/mol. The van der Waals surface area contributed by atoms with E-state index in [0.29, 0.717) is 31.6 Å². The van der Waals surface area contributed by atoms with Crippen LogP contribution in [0.1, 0.15) is 6.42 Å². The zero-order valence-electron chi connectivity index (χ0n) is 8.44. The first-order chi connectivity index (χ1) is 7.33. The van der Waals surface area contributed by atoms with Gasteiger partial charge in [-0.15, -0.1) is 5.10 Å². The van der Waals surface area contributed by atoms with E-state index in [1.54, 1.807) is 7.11 Å². The van der Waals surface area contributed by atoms with Gasteiger partial charge in [0, 0.05) is 20.1 Å². The molecule has 0 aromatic carbocycles. The molecule has 15 heavy (non-hydrogen) atoms. The van der Waals surface area contributed by atoms with Crippen molar-refractivity contribution in [3.05, 3.63) is 3.92 Å². The second kappa shape index (κ2) is 7.98. The van der Waals surface area contributed by atoms with Gasteiger partial charge in [-0.2, -0.15) is 0 Å². The van der Waals surface area contributed by atoms with Crippen LogP contribution in [0.25, 0.3) is 0 Å². The topological polar surface area (TPSA) is 53.5 Å². The fourth-order valence-corrected chi connectivity index (χ4v) is 1.76. The fourth-order valence-electron chi connectivity index (χ4n) is 0.816. The summed E-state index contributed by atoms with van der Waals surface area (Å²) >= 11 is 4.58. The molecule has 0 bridgehead atoms. The SMILES string of the molecule is COCCOCCCOc1nnc(Br)s1. The summed E-state index contributed by atoms with van der Waals surface area (Å²) in [6.07, 6.45) is 0.834. The van der Waals surface area contributed by atoms with Gasteiger partial charge < -0.3 is 14.2 Å². The minimum Gasteiger partial charge on any atom is -0.469 e. The van der Waals surface area contributed by atoms with Crippen molar-refractivity contribution in [2.45, 2.75) is 6.42 Å². The third-order valence-corrected chi connectivity index (χ3v) is 2.74. The van der Waals surface area contributed by atoms with Crippen LogP contribution in [0.2, 0.25) is 0 Å². The standard InChI is InChI=1S/C8H13BrN2O3S/c1-12-5-6-13-3-2-4-14-8-11-10-7(9)15-8/h2-6H2,1H3. The average molecular weight is 297 g/mol. The Morgan fingerprint density at radius 3 is 2.73 bits per heavy atom. The van der Waals surface area contributed by atoms with Crippen molar-refractivity contribution in [1.29, 1.82) is 0 Å². The van der Waals surface area contributed by atoms with Gasteiger partial charge in [-0.25, -0.2) is 0 Å². The Kier molecular flexibility index (Phi) is 6.82. The molecule has 0 atom stereocenters. The lowest BCUT2D eigenvalue weighted by atomic mass is 10.5. The largest absolute Gasteiger partial charge is 0.469 e. The lowest BCUT2D eigenvalue weighted by molar-refractivity contribution is 0.0644. The van der Waals surface area contributed by atoms with E-state index in [-0.39, 0.29) is 0 Å². The molecule has 0 aliphatic rings. The number of hydrogen-bond acceptors (Lipinski definition) is 6. The minimum atomic E-state index is 0.582. The summed E-state index contributed by atoms with van der Waals surface area (Å²) in [5, 5.41) is 8.15. The predicted molar refractivity (Wildman–Crippen MR) is 60.4 cm³/mol. The second-order valence-electron chi connectivity index (χ2n) is 2.63. The number of aromatic nitrogens is 2. The van der Waals surface area contributed by atoms with E-state index in [0.717, 1.165) is 10.3 Å². The summed E-state index contributed by atoms with van der Waals surface area (Å²) in [6.45, 7) is 2.52. The lowest BCUT2D eigenvalue weighted by Crippen LogP contribution is -2.06. The second-order valence-corrected chi connectivity index (χ2v) is 4.84. The van der Waals surface area contributed by atoms with Gasteiger partial charge in [-0.3, -0.25) is 0 Å². The molecule has 1 aromatic rings. The molecule has 0 N–H and O–H groups in total. The molecule has 0 spiro atoms. The van der Waals surface area contributed by atoms with Crippen molar-refractivity contribution in [2.75, 3.05) is 33.5 Å². The Hall–Kier alpha value is -0.240. The van der Waals surface area contributed by atoms with E-state index in [1.807, 2.05) is 0 Å². The van der Waals surface area contributed by atoms with Crippen molar-refractivity contribution >= 4 is 27.3 Å². The zero-order chi connectivity index (χ0) is 10.9. The van der Waals surface area contributed by atoms with Gasteiger partial charge in [0.25, 0.3) is 5.19 Å². The fraction of sp³-hybridized carbons (Fsp3) is 0.750. The molecule has 5 nitrogen and oxygen atoms in total. The first-order valence-electron chi connectivity index (χ1n) is 4.51. The highest BCUT2D eigenvalue weighted by Crippen LogP contribution is 2.22. The molecule has 0 saturated carbocycles. The molecule has 7 heteroatoms. The summed E-state index contributed by atoms with van der Waals surface area (Å²) in [5.74, 6) is 0. The van der Waals surface area contributed by atoms with Crippen molar-refractivity contribution in [2.24, 2.45) is 0 Å². The molecule has 0 aliphatic heterocycles. The van der Waals surface area contributed by atoms with Crippen LogP contribution >= 0.6 is 27.3 Å². The molecule has 0 fully saturated rings. The van der Waals surface area contributed by atoms with Gasteiger partial charge in [0.2, 0.25) is 0 Å². The number of hydrogen-bond donors (Lipinski definition) is 0. The molecule has 1 aromatic heterocycles. The highest BCUT2D eigenvalue weighted by molar-refractivity contribution is 9.11. The van der Waals surface area contributed by atoms with Gasteiger partial charge in [-0.05, 0) is 27.3 Å². The van der Waals surface area contributed by atoms with E-state index in [4.69, 9.17) is 14.2 Å². The molecule has 86 valence electrons. The van der Waals surface area contributed by atoms with Crippen LogP contribution in [0.5, 0.6) is 5.19 Å². The Morgan fingerprint density at radius 2 is 2.07 bits per heavy atom. The molecule has 0 unspecified atom stereocenters. The van der Waals surface area contributed by atoms with E-state index in [2.05, 4.69) is 26.1 Å². The number of rotatable bonds is 8. The van der Waals surface area contributed by atoms with Gasteiger partial charge in [0.05, 0.1) is 19.8 Å². The van der Waals surface area contributed by atoms with Crippen LogP contribution < -0.4 is 4.74 Å². The van der Waals surface area contributed by atoms with Crippen molar-refractivity contribution < 1.29 is 14.2 Å². The molecular weight excluding hydrogens is 284 g/mol. The Bertz CT molecular complexity index is 272. The van der Waals surface area contributed by atoms with Crippen LogP contribution in [0.4, 0.5) is 0 Å². The van der Waals surface area contributed by atoms with E-state index in [1.165, 1.54) is 11.3 Å². The average Bonchev–Trinajstić information content (AvgIpc) is 2.63. The van der Waals surface area contributed by atoms with Crippen molar-refractivity contribution in [1.82, 2.24) is 10.2 Å². The van der Waals surface area contributed by atoms with Crippen LogP contribution in [0.3, 0.4) is 0 Å². The number of nitrogens with zero attached hydrogens (tertiary/aromatic N) is 2. The predicted octanol–water partition coefficient (Wildman–Crippen LogP) is 1.73. The van der Waals surface area contributed by atoms with Crippen LogP contribution in [0.15, 0.2) is 3.92 Å². The van der Waals surface area contributed by atoms with E-state index >= 15 is 0 Å². The Balaban J connectivity index is 1.93. The molecule has 0 saturated heterocycles. The lowest BCUT2D eigenvalue weighted by Gasteiger charge is -2.03. The maximum absolute atomic E-state index is 5.34. The van der Waals surface area contributed by atoms with E-state index < -0.39 is 0 Å². The van der Waals surface area contributed by atoms with Crippen LogP contribution in [-0.4, -0.2) is 43.7 Å². The maximum Gasteiger partial charge on any atom is 0.294 e. The highest BCUT2D eigenvalue weighted by Gasteiger charge is 2.01. The normalized spacial score (nSPS) is 10.5. The summed E-state index contributed by atoms with van der Waals surface area (Å²) in [6, 6.07) is 0. The van der Waals surface area contributed by atoms with Crippen LogP contribution in [-0.2, 0) is 9.47 Å². The zero-order valence-corrected chi connectivity index (χ0v) is 10.8. The molecule has 0 radical (unpaired) electrons. The van der Waals surface area contributed by atoms with Gasteiger partial charge in [0.15, 0.2) is 3.92 Å². The Morgan fingerprint density at radius 1 is 1.20 bits per heavy atom. The molecule has 0 aliphatic carbocycles. The maximum atomic E-state index is 5.34. The smallest absolute Gasteiger partial charge is 0.294 e. The summed E-state index contributed by atoms with van der Waals surface area (Å²) in [4.78, 5) is 0. The molecule has 1 heterocycles. The highest BCUT2D eigenvalue weighted by atomic mass is 79.9. The third-order valence-electron chi connectivity index (χ3n) is 1.47. The molecule has 0 amide bonds. The first-order valence-corrected chi connectivity index (χ1v) is 6.12. The first kappa shape index (κ1) is 12.8. The van der Waals surface area contributed by atoms with Gasteiger partial charge in [-0.1, -0.05) is 5.10 Å². The minimum absolute atomic E-state index is 0.582. The van der Waals surface area contributed by atoms with Crippen molar-refractivity contribution in [3.8, 4) is 5.19 Å². The summed E-state index contributed by atoms with van der Waals surface area (Å²) in [5.41, 5.74) is 0. The van der Waals surface area contributed by atoms with Gasteiger partial charge in [0.1, 0.15) is 0 Å². The quantitative estimate of drug-likeness (QED) is 0.684. The van der Waals surface area contributed by atoms with Crippen LogP contribution in [0, 0.1) is 0 Å².